The molecule has 0 spiro atoms. The predicted octanol–water partition coefficient (Wildman–Crippen LogP) is 2.41. The molecule has 2 aliphatic carbocycles. The Balaban J connectivity index is 1.75. The predicted molar refractivity (Wildman–Crippen MR) is 132 cm³/mol. The number of piperidine rings is 1. The largest absolute Gasteiger partial charge is 0.344 e. The Morgan fingerprint density at radius 2 is 1.77 bits per heavy atom. The first kappa shape index (κ1) is 27.1. The number of nitrogens with one attached hydrogen (secondary N) is 2. The summed E-state index contributed by atoms with van der Waals surface area (Å²) in [4.78, 5) is 65.2. The van der Waals surface area contributed by atoms with Crippen LogP contribution in [0.1, 0.15) is 72.6 Å². The van der Waals surface area contributed by atoms with Crippen LogP contribution in [0.2, 0.25) is 0 Å². The summed E-state index contributed by atoms with van der Waals surface area (Å²) in [5.74, 6) is -1.83. The number of rotatable bonds is 11. The minimum absolute atomic E-state index is 0.0215. The quantitative estimate of drug-likeness (QED) is 0.343. The second-order valence-corrected chi connectivity index (χ2v) is 11.3. The maximum atomic E-state index is 13.6. The number of ketones is 2. The Morgan fingerprint density at radius 3 is 2.37 bits per heavy atom. The van der Waals surface area contributed by atoms with E-state index < -0.39 is 23.8 Å². The molecule has 8 heteroatoms. The van der Waals surface area contributed by atoms with Gasteiger partial charge in [0.15, 0.2) is 0 Å². The summed E-state index contributed by atoms with van der Waals surface area (Å²) in [5, 5.41) is 5.09. The molecule has 35 heavy (non-hydrogen) atoms. The van der Waals surface area contributed by atoms with E-state index in [-0.39, 0.29) is 53.7 Å². The summed E-state index contributed by atoms with van der Waals surface area (Å²) in [6, 6.07) is -1.69. The first-order valence-corrected chi connectivity index (χ1v) is 13.0. The normalized spacial score (nSPS) is 26.7. The zero-order chi connectivity index (χ0) is 25.9. The minimum Gasteiger partial charge on any atom is -0.344 e. The molecule has 0 aromatic heterocycles. The van der Waals surface area contributed by atoms with Crippen molar-refractivity contribution < 1.29 is 24.0 Å². The van der Waals surface area contributed by atoms with Crippen molar-refractivity contribution >= 4 is 29.3 Å². The van der Waals surface area contributed by atoms with Crippen LogP contribution in [0.25, 0.3) is 0 Å². The summed E-state index contributed by atoms with van der Waals surface area (Å²) >= 11 is 0. The average Bonchev–Trinajstić information content (AvgIpc) is 3.17. The van der Waals surface area contributed by atoms with Crippen LogP contribution < -0.4 is 10.6 Å². The number of amides is 3. The average molecular weight is 488 g/mol. The van der Waals surface area contributed by atoms with Crippen LogP contribution in [0.15, 0.2) is 12.7 Å². The number of carbonyl (C=O) groups excluding carboxylic acids is 5. The van der Waals surface area contributed by atoms with E-state index in [0.717, 1.165) is 25.7 Å². The van der Waals surface area contributed by atoms with E-state index in [1.807, 2.05) is 6.92 Å². The zero-order valence-electron chi connectivity index (χ0n) is 21.6. The van der Waals surface area contributed by atoms with E-state index in [2.05, 4.69) is 31.1 Å². The van der Waals surface area contributed by atoms with E-state index in [0.29, 0.717) is 18.9 Å². The first-order valence-electron chi connectivity index (χ1n) is 13.0. The highest BCUT2D eigenvalue weighted by atomic mass is 16.2. The number of allylic oxidation sites excluding steroid dienone is 1. The molecule has 8 nitrogen and oxygen atoms in total. The molecule has 1 unspecified atom stereocenters. The highest BCUT2D eigenvalue weighted by Crippen LogP contribution is 2.65. The Labute approximate surface area is 208 Å². The molecule has 1 heterocycles. The summed E-state index contributed by atoms with van der Waals surface area (Å²) < 4.78 is 0. The van der Waals surface area contributed by atoms with Crippen molar-refractivity contribution in [3.8, 4) is 0 Å². The van der Waals surface area contributed by atoms with Gasteiger partial charge in [0.1, 0.15) is 11.8 Å². The summed E-state index contributed by atoms with van der Waals surface area (Å²) in [7, 11) is 0. The lowest BCUT2D eigenvalue weighted by molar-refractivity contribution is -0.146. The van der Waals surface area contributed by atoms with Crippen molar-refractivity contribution in [1.29, 1.82) is 0 Å². The number of hydrogen-bond acceptors (Lipinski definition) is 5. The minimum atomic E-state index is -1.04. The van der Waals surface area contributed by atoms with E-state index in [4.69, 9.17) is 0 Å². The molecule has 2 N–H and O–H groups in total. The molecular formula is C27H41N3O5. The number of Topliss-reactive ketones (excluding diaryl/α,β-unsaturated/α-hetero) is 2. The van der Waals surface area contributed by atoms with Crippen molar-refractivity contribution in [2.24, 2.45) is 29.1 Å². The molecule has 3 amide bonds. The van der Waals surface area contributed by atoms with E-state index in [1.165, 1.54) is 13.3 Å². The van der Waals surface area contributed by atoms with Crippen molar-refractivity contribution in [2.45, 2.75) is 84.7 Å². The molecule has 0 bridgehead atoms. The van der Waals surface area contributed by atoms with Crippen molar-refractivity contribution in [3.63, 3.8) is 0 Å². The van der Waals surface area contributed by atoms with Crippen LogP contribution in [0.3, 0.4) is 0 Å². The molecule has 3 aliphatic rings. The lowest BCUT2D eigenvalue weighted by atomic mass is 9.80. The van der Waals surface area contributed by atoms with Gasteiger partial charge in [-0.15, -0.1) is 6.58 Å². The van der Waals surface area contributed by atoms with Crippen LogP contribution in [-0.4, -0.2) is 59.4 Å². The lowest BCUT2D eigenvalue weighted by Crippen LogP contribution is -2.56. The molecule has 0 aromatic rings. The highest BCUT2D eigenvalue weighted by Gasteiger charge is 2.69. The van der Waals surface area contributed by atoms with Crippen LogP contribution in [-0.2, 0) is 24.0 Å². The Hall–Kier alpha value is -2.51. The van der Waals surface area contributed by atoms with E-state index in [9.17, 15) is 24.0 Å². The maximum Gasteiger partial charge on any atom is 0.289 e. The van der Waals surface area contributed by atoms with Gasteiger partial charge in [0, 0.05) is 12.5 Å². The SMILES string of the molecule is C=CCCC(NC(=O)[C@@H]1[C@@H]2[C@H](CN1C(=O)[C@@H](C)C1CCCCC1)C2(C)C)C(=O)C(=O)NCC(C)=O. The third-order valence-electron chi connectivity index (χ3n) is 8.52. The van der Waals surface area contributed by atoms with Crippen molar-refractivity contribution in [2.75, 3.05) is 13.1 Å². The molecular weight excluding hydrogens is 446 g/mol. The van der Waals surface area contributed by atoms with Crippen LogP contribution in [0, 0.1) is 29.1 Å². The fraction of sp³-hybridized carbons (Fsp3) is 0.741. The van der Waals surface area contributed by atoms with Crippen LogP contribution in [0.4, 0.5) is 0 Å². The Morgan fingerprint density at radius 1 is 1.11 bits per heavy atom. The number of nitrogens with zero attached hydrogens (tertiary/aromatic N) is 1. The summed E-state index contributed by atoms with van der Waals surface area (Å²) in [6.45, 7) is 11.5. The molecule has 1 aliphatic heterocycles. The van der Waals surface area contributed by atoms with Gasteiger partial charge < -0.3 is 15.5 Å². The fourth-order valence-corrected chi connectivity index (χ4v) is 6.17. The lowest BCUT2D eigenvalue weighted by Gasteiger charge is -2.35. The van der Waals surface area contributed by atoms with Gasteiger partial charge >= 0.3 is 0 Å². The Bertz CT molecular complexity index is 876. The standard InChI is InChI=1S/C27H41N3O5/c1-6-7-13-20(23(32)25(34)28-14-16(2)31)29-24(33)22-21-19(27(21,4)5)15-30(22)26(35)17(3)18-11-9-8-10-12-18/h6,17-22H,1,7-15H2,2-5H3,(H,28,34)(H,29,33)/t17-,19-,20?,21-,22-/m0/s1. The van der Waals surface area contributed by atoms with Gasteiger partial charge in [-0.25, -0.2) is 0 Å². The van der Waals surface area contributed by atoms with Gasteiger partial charge in [0.25, 0.3) is 5.91 Å². The zero-order valence-corrected chi connectivity index (χ0v) is 21.6. The van der Waals surface area contributed by atoms with Crippen LogP contribution in [0.5, 0.6) is 0 Å². The smallest absolute Gasteiger partial charge is 0.289 e. The molecule has 3 fully saturated rings. The van der Waals surface area contributed by atoms with Gasteiger partial charge in [0.2, 0.25) is 17.6 Å². The molecule has 1 saturated heterocycles. The van der Waals surface area contributed by atoms with E-state index in [1.54, 1.807) is 11.0 Å². The second-order valence-electron chi connectivity index (χ2n) is 11.3. The second kappa shape index (κ2) is 11.0. The highest BCUT2D eigenvalue weighted by molar-refractivity contribution is 6.38. The van der Waals surface area contributed by atoms with Gasteiger partial charge in [0.05, 0.1) is 12.6 Å². The van der Waals surface area contributed by atoms with Crippen molar-refractivity contribution in [3.05, 3.63) is 12.7 Å². The van der Waals surface area contributed by atoms with Gasteiger partial charge in [-0.3, -0.25) is 24.0 Å². The Kier molecular flexibility index (Phi) is 8.54. The molecule has 2 saturated carbocycles. The monoisotopic (exact) mass is 487 g/mol. The number of hydrogen-bond donors (Lipinski definition) is 2. The molecule has 194 valence electrons. The summed E-state index contributed by atoms with van der Waals surface area (Å²) in [6.07, 6.45) is 7.86. The van der Waals surface area contributed by atoms with Gasteiger partial charge in [-0.05, 0) is 55.8 Å². The molecule has 3 rings (SSSR count). The molecule has 0 radical (unpaired) electrons. The van der Waals surface area contributed by atoms with Gasteiger partial charge in [-0.2, -0.15) is 0 Å². The molecule has 0 aromatic carbocycles. The first-order chi connectivity index (χ1) is 16.5. The van der Waals surface area contributed by atoms with E-state index >= 15 is 0 Å². The number of fused-ring (bicyclic) bond motifs is 1. The third-order valence-corrected chi connectivity index (χ3v) is 8.52. The number of likely N-dealkylation sites (tertiary alicyclic amines) is 1. The maximum absolute atomic E-state index is 13.6. The fourth-order valence-electron chi connectivity index (χ4n) is 6.17. The number of carbonyl (C=O) groups is 5. The van der Waals surface area contributed by atoms with Gasteiger partial charge in [-0.1, -0.05) is 46.1 Å². The summed E-state index contributed by atoms with van der Waals surface area (Å²) in [5.41, 5.74) is -0.0493. The topological polar surface area (TPSA) is 113 Å². The third kappa shape index (κ3) is 5.84. The van der Waals surface area contributed by atoms with Crippen LogP contribution >= 0.6 is 0 Å². The molecule has 5 atom stereocenters. The van der Waals surface area contributed by atoms with Crippen molar-refractivity contribution in [1.82, 2.24) is 15.5 Å².